The van der Waals surface area contributed by atoms with Gasteiger partial charge in [-0.25, -0.2) is 0 Å². The van der Waals surface area contributed by atoms with Crippen molar-refractivity contribution in [2.45, 2.75) is 53.5 Å². The Bertz CT molecular complexity index is 372. The third-order valence-electron chi connectivity index (χ3n) is 3.12. The zero-order valence-corrected chi connectivity index (χ0v) is 12.5. The van der Waals surface area contributed by atoms with Crippen LogP contribution >= 0.6 is 0 Å². The Hall–Kier alpha value is -1.02. The summed E-state index contributed by atoms with van der Waals surface area (Å²) in [4.78, 5) is 0. The number of rotatable bonds is 7. The average Bonchev–Trinajstić information content (AvgIpc) is 2.34. The second-order valence-corrected chi connectivity index (χ2v) is 5.10. The zero-order chi connectivity index (χ0) is 13.5. The summed E-state index contributed by atoms with van der Waals surface area (Å²) < 4.78 is 5.87. The van der Waals surface area contributed by atoms with Gasteiger partial charge in [-0.3, -0.25) is 0 Å². The molecule has 0 fully saturated rings. The van der Waals surface area contributed by atoms with Crippen LogP contribution in [0.5, 0.6) is 5.75 Å². The van der Waals surface area contributed by atoms with E-state index in [0.29, 0.717) is 5.92 Å². The average molecular weight is 249 g/mol. The largest absolute Gasteiger partial charge is 0.493 e. The number of hydrogen-bond donors (Lipinski definition) is 1. The Labute approximate surface area is 112 Å². The molecule has 2 heteroatoms. The van der Waals surface area contributed by atoms with E-state index >= 15 is 0 Å². The van der Waals surface area contributed by atoms with E-state index in [1.54, 1.807) is 0 Å². The van der Waals surface area contributed by atoms with Crippen LogP contribution in [0, 0.1) is 6.92 Å². The van der Waals surface area contributed by atoms with Crippen LogP contribution in [-0.2, 0) is 6.54 Å². The molecular weight excluding hydrogens is 222 g/mol. The predicted octanol–water partition coefficient (Wildman–Crippen LogP) is 4.02. The van der Waals surface area contributed by atoms with E-state index in [9.17, 15) is 0 Å². The summed E-state index contributed by atoms with van der Waals surface area (Å²) in [6.07, 6.45) is 1.05. The van der Waals surface area contributed by atoms with Crippen LogP contribution in [0.25, 0.3) is 0 Å². The topological polar surface area (TPSA) is 21.3 Å². The molecule has 0 radical (unpaired) electrons. The lowest BCUT2D eigenvalue weighted by Gasteiger charge is -2.17. The lowest BCUT2D eigenvalue weighted by Crippen LogP contribution is -2.13. The first-order valence-electron chi connectivity index (χ1n) is 7.07. The summed E-state index contributed by atoms with van der Waals surface area (Å²) in [5, 5.41) is 3.39. The minimum atomic E-state index is 0.498. The van der Waals surface area contributed by atoms with Crippen LogP contribution in [0.4, 0.5) is 0 Å². The van der Waals surface area contributed by atoms with Gasteiger partial charge in [-0.1, -0.05) is 33.8 Å². The van der Waals surface area contributed by atoms with Crippen molar-refractivity contribution in [3.8, 4) is 5.75 Å². The monoisotopic (exact) mass is 249 g/mol. The lowest BCUT2D eigenvalue weighted by atomic mass is 9.96. The van der Waals surface area contributed by atoms with Crippen LogP contribution in [-0.4, -0.2) is 13.2 Å². The number of nitrogens with one attached hydrogen (secondary N) is 1. The Kier molecular flexibility index (Phi) is 6.20. The van der Waals surface area contributed by atoms with Gasteiger partial charge < -0.3 is 10.1 Å². The van der Waals surface area contributed by atoms with Gasteiger partial charge in [0, 0.05) is 6.54 Å². The van der Waals surface area contributed by atoms with E-state index in [2.05, 4.69) is 52.1 Å². The molecule has 0 aliphatic heterocycles. The summed E-state index contributed by atoms with van der Waals surface area (Å²) in [5.74, 6) is 1.56. The first kappa shape index (κ1) is 15.0. The van der Waals surface area contributed by atoms with Gasteiger partial charge in [-0.05, 0) is 48.6 Å². The normalized spacial score (nSPS) is 11.0. The molecule has 0 saturated heterocycles. The van der Waals surface area contributed by atoms with Gasteiger partial charge in [0.05, 0.1) is 6.61 Å². The summed E-state index contributed by atoms with van der Waals surface area (Å²) in [6, 6.07) is 4.49. The third kappa shape index (κ3) is 4.02. The standard InChI is InChI=1S/C16H27NO/c1-6-8-18-16-9-13(5)14(11-17-7-2)10-15(16)12(3)4/h9-10,12,17H,6-8,11H2,1-5H3. The highest BCUT2D eigenvalue weighted by atomic mass is 16.5. The van der Waals surface area contributed by atoms with Gasteiger partial charge in [0.1, 0.15) is 5.75 Å². The second kappa shape index (κ2) is 7.42. The quantitative estimate of drug-likeness (QED) is 0.788. The van der Waals surface area contributed by atoms with Crippen molar-refractivity contribution in [1.29, 1.82) is 0 Å². The maximum atomic E-state index is 5.87. The van der Waals surface area contributed by atoms with E-state index in [-0.39, 0.29) is 0 Å². The van der Waals surface area contributed by atoms with Gasteiger partial charge in [-0.2, -0.15) is 0 Å². The van der Waals surface area contributed by atoms with Gasteiger partial charge in [-0.15, -0.1) is 0 Å². The van der Waals surface area contributed by atoms with E-state index in [0.717, 1.165) is 31.9 Å². The molecule has 0 aliphatic rings. The van der Waals surface area contributed by atoms with E-state index in [4.69, 9.17) is 4.74 Å². The summed E-state index contributed by atoms with van der Waals surface area (Å²) in [7, 11) is 0. The molecule has 0 spiro atoms. The van der Waals surface area contributed by atoms with Crippen molar-refractivity contribution >= 4 is 0 Å². The van der Waals surface area contributed by atoms with Crippen LogP contribution < -0.4 is 10.1 Å². The van der Waals surface area contributed by atoms with Gasteiger partial charge in [0.25, 0.3) is 0 Å². The van der Waals surface area contributed by atoms with Gasteiger partial charge >= 0.3 is 0 Å². The fraction of sp³-hybridized carbons (Fsp3) is 0.625. The Morgan fingerprint density at radius 3 is 2.50 bits per heavy atom. The molecule has 1 N–H and O–H groups in total. The molecule has 0 atom stereocenters. The smallest absolute Gasteiger partial charge is 0.123 e. The first-order valence-corrected chi connectivity index (χ1v) is 7.07. The molecule has 18 heavy (non-hydrogen) atoms. The van der Waals surface area contributed by atoms with Crippen LogP contribution in [0.2, 0.25) is 0 Å². The van der Waals surface area contributed by atoms with Crippen molar-refractivity contribution in [1.82, 2.24) is 5.32 Å². The molecule has 0 bridgehead atoms. The fourth-order valence-electron chi connectivity index (χ4n) is 1.98. The lowest BCUT2D eigenvalue weighted by molar-refractivity contribution is 0.312. The van der Waals surface area contributed by atoms with Gasteiger partial charge in [0.15, 0.2) is 0 Å². The second-order valence-electron chi connectivity index (χ2n) is 5.10. The number of ether oxygens (including phenoxy) is 1. The summed E-state index contributed by atoms with van der Waals surface area (Å²) in [5.41, 5.74) is 4.01. The van der Waals surface area contributed by atoms with Crippen molar-refractivity contribution in [2.24, 2.45) is 0 Å². The van der Waals surface area contributed by atoms with Crippen molar-refractivity contribution in [3.05, 3.63) is 28.8 Å². The first-order chi connectivity index (χ1) is 8.60. The number of hydrogen-bond acceptors (Lipinski definition) is 2. The molecule has 0 unspecified atom stereocenters. The Morgan fingerprint density at radius 1 is 1.22 bits per heavy atom. The highest BCUT2D eigenvalue weighted by molar-refractivity contribution is 5.44. The highest BCUT2D eigenvalue weighted by Crippen LogP contribution is 2.30. The molecule has 0 heterocycles. The molecule has 0 saturated carbocycles. The van der Waals surface area contributed by atoms with Crippen LogP contribution in [0.3, 0.4) is 0 Å². The molecule has 1 rings (SSSR count). The minimum Gasteiger partial charge on any atom is -0.493 e. The van der Waals surface area contributed by atoms with Crippen molar-refractivity contribution < 1.29 is 4.74 Å². The Balaban J connectivity index is 3.00. The maximum Gasteiger partial charge on any atom is 0.123 e. The van der Waals surface area contributed by atoms with Crippen LogP contribution in [0.1, 0.15) is 56.7 Å². The van der Waals surface area contributed by atoms with Crippen molar-refractivity contribution in [2.75, 3.05) is 13.2 Å². The molecule has 0 aromatic heterocycles. The predicted molar refractivity (Wildman–Crippen MR) is 78.4 cm³/mol. The summed E-state index contributed by atoms with van der Waals surface area (Å²) in [6.45, 7) is 13.6. The molecule has 1 aromatic carbocycles. The van der Waals surface area contributed by atoms with E-state index < -0.39 is 0 Å². The third-order valence-corrected chi connectivity index (χ3v) is 3.12. The van der Waals surface area contributed by atoms with Crippen molar-refractivity contribution in [3.63, 3.8) is 0 Å². The number of benzene rings is 1. The zero-order valence-electron chi connectivity index (χ0n) is 12.5. The van der Waals surface area contributed by atoms with Gasteiger partial charge in [0.2, 0.25) is 0 Å². The Morgan fingerprint density at radius 2 is 1.94 bits per heavy atom. The van der Waals surface area contributed by atoms with E-state index in [1.807, 2.05) is 0 Å². The van der Waals surface area contributed by atoms with E-state index in [1.165, 1.54) is 16.7 Å². The molecule has 1 aromatic rings. The summed E-state index contributed by atoms with van der Waals surface area (Å²) >= 11 is 0. The maximum absolute atomic E-state index is 5.87. The molecule has 102 valence electrons. The van der Waals surface area contributed by atoms with Crippen LogP contribution in [0.15, 0.2) is 12.1 Å². The minimum absolute atomic E-state index is 0.498. The molecule has 0 amide bonds. The fourth-order valence-corrected chi connectivity index (χ4v) is 1.98. The molecule has 0 aliphatic carbocycles. The molecular formula is C16H27NO. The number of aryl methyl sites for hydroxylation is 1. The highest BCUT2D eigenvalue weighted by Gasteiger charge is 2.11. The SMILES string of the molecule is CCCOc1cc(C)c(CNCC)cc1C(C)C. The molecule has 2 nitrogen and oxygen atoms in total.